The van der Waals surface area contributed by atoms with Gasteiger partial charge in [0.25, 0.3) is 11.8 Å². The average molecular weight is 689 g/mol. The number of alkyl halides is 9. The summed E-state index contributed by atoms with van der Waals surface area (Å²) in [6.07, 6.45) is -6.67. The normalized spacial score (nSPS) is 33.8. The molecule has 0 aromatic heterocycles. The number of esters is 3. The zero-order chi connectivity index (χ0) is 33.0. The van der Waals surface area contributed by atoms with E-state index >= 15 is 0 Å². The van der Waals surface area contributed by atoms with Gasteiger partial charge in [0, 0.05) is 18.4 Å². The van der Waals surface area contributed by atoms with E-state index in [1.165, 1.54) is 23.5 Å². The maximum absolute atomic E-state index is 13.4. The van der Waals surface area contributed by atoms with Crippen LogP contribution in [0.15, 0.2) is 0 Å². The molecule has 2 unspecified atom stereocenters. The summed E-state index contributed by atoms with van der Waals surface area (Å²) in [6, 6.07) is 0. The summed E-state index contributed by atoms with van der Waals surface area (Å²) in [5.41, 5.74) is -2.19. The molecule has 1 heterocycles. The van der Waals surface area contributed by atoms with E-state index in [1.807, 2.05) is 0 Å². The first-order valence-corrected chi connectivity index (χ1v) is 15.9. The first-order chi connectivity index (χ1) is 20.0. The lowest BCUT2D eigenvalue weighted by atomic mass is 9.49. The van der Waals surface area contributed by atoms with Crippen LogP contribution in [0, 0.1) is 28.6 Å². The lowest BCUT2D eigenvalue weighted by Gasteiger charge is -2.65. The van der Waals surface area contributed by atoms with E-state index in [1.54, 1.807) is 0 Å². The summed E-state index contributed by atoms with van der Waals surface area (Å²) < 4.78 is 132. The Bertz CT molecular complexity index is 1090. The number of hydrogen-bond acceptors (Lipinski definition) is 8. The third kappa shape index (κ3) is 7.71. The van der Waals surface area contributed by atoms with E-state index < -0.39 is 89.4 Å². The topological polar surface area (TPSA) is 78.9 Å². The van der Waals surface area contributed by atoms with Gasteiger partial charge in [0.2, 0.25) is 0 Å². The Morgan fingerprint density at radius 1 is 0.727 bits per heavy atom. The highest BCUT2D eigenvalue weighted by Crippen LogP contribution is 2.72. The second-order valence-electron chi connectivity index (χ2n) is 13.0. The molecule has 44 heavy (non-hydrogen) atoms. The van der Waals surface area contributed by atoms with Gasteiger partial charge in [-0.15, -0.1) is 23.5 Å². The van der Waals surface area contributed by atoms with Gasteiger partial charge in [-0.2, -0.15) is 22.0 Å². The molecule has 0 aromatic carbocycles. The summed E-state index contributed by atoms with van der Waals surface area (Å²) >= 11 is 2.80. The van der Waals surface area contributed by atoms with Gasteiger partial charge >= 0.3 is 30.0 Å². The number of thioether (sulfide) groups is 2. The van der Waals surface area contributed by atoms with Gasteiger partial charge in [-0.25, -0.2) is 17.6 Å². The molecular weight excluding hydrogens is 655 g/mol. The Kier molecular flexibility index (Phi) is 9.58. The fourth-order valence-corrected chi connectivity index (χ4v) is 11.0. The summed E-state index contributed by atoms with van der Waals surface area (Å²) in [7, 11) is 0. The van der Waals surface area contributed by atoms with Crippen molar-refractivity contribution < 1.29 is 68.1 Å². The van der Waals surface area contributed by atoms with Crippen LogP contribution >= 0.6 is 23.5 Å². The molecule has 0 aromatic rings. The molecule has 0 amide bonds. The summed E-state index contributed by atoms with van der Waals surface area (Å²) in [5.74, 6) is -15.4. The fourth-order valence-electron chi connectivity index (χ4n) is 6.92. The molecule has 1 aliphatic heterocycles. The van der Waals surface area contributed by atoms with Gasteiger partial charge in [-0.3, -0.25) is 14.4 Å². The predicted molar refractivity (Wildman–Crippen MR) is 140 cm³/mol. The minimum absolute atomic E-state index is 0.0502. The molecule has 4 bridgehead atoms. The van der Waals surface area contributed by atoms with E-state index in [2.05, 4.69) is 0 Å². The third-order valence-electron chi connectivity index (χ3n) is 8.74. The molecular formula is C27H33F9O6S2. The Hall–Kier alpha value is -1.52. The zero-order valence-electron chi connectivity index (χ0n) is 23.9. The fraction of sp³-hybridized carbons (Fsp3) is 0.889. The number of rotatable bonds is 11. The van der Waals surface area contributed by atoms with Crippen LogP contribution in [0.5, 0.6) is 0 Å². The van der Waals surface area contributed by atoms with Crippen molar-refractivity contribution in [2.24, 2.45) is 28.6 Å². The summed E-state index contributed by atoms with van der Waals surface area (Å²) in [5, 5.41) is 0. The number of carbonyl (C=O) groups is 3. The molecule has 4 saturated carbocycles. The lowest BCUT2D eigenvalue weighted by molar-refractivity contribution is -0.284. The first-order valence-electron chi connectivity index (χ1n) is 14.0. The van der Waals surface area contributed by atoms with Gasteiger partial charge in [0.15, 0.2) is 6.61 Å². The number of halogens is 9. The SMILES string of the molecule is CC(F)(F)COC(=O)C12CC3CC(C1)C1(SCC(COC(=O)CC(C)(F)F)(COC(=O)CC(F)(F)C(F)(F)F)CS1)C(C3)C2. The van der Waals surface area contributed by atoms with Crippen LogP contribution in [0.1, 0.15) is 58.8 Å². The number of hydrogen-bond donors (Lipinski definition) is 0. The molecule has 252 valence electrons. The van der Waals surface area contributed by atoms with Crippen molar-refractivity contribution in [2.75, 3.05) is 31.3 Å². The maximum atomic E-state index is 13.4. The van der Waals surface area contributed by atoms with Crippen molar-refractivity contribution in [1.82, 2.24) is 0 Å². The quantitative estimate of drug-likeness (QED) is 0.132. The summed E-state index contributed by atoms with van der Waals surface area (Å²) in [4.78, 5) is 37.1. The molecule has 0 radical (unpaired) electrons. The van der Waals surface area contributed by atoms with Crippen molar-refractivity contribution in [3.05, 3.63) is 0 Å². The Morgan fingerprint density at radius 3 is 1.68 bits per heavy atom. The molecule has 2 atom stereocenters. The smallest absolute Gasteiger partial charge is 0.453 e. The highest BCUT2D eigenvalue weighted by atomic mass is 32.2. The van der Waals surface area contributed by atoms with Gasteiger partial charge in [0.05, 0.1) is 14.9 Å². The maximum Gasteiger partial charge on any atom is 0.453 e. The zero-order valence-corrected chi connectivity index (χ0v) is 25.5. The number of carbonyl (C=O) groups excluding carboxylic acids is 3. The Morgan fingerprint density at radius 2 is 1.23 bits per heavy atom. The molecule has 0 N–H and O–H groups in total. The molecule has 4 aliphatic carbocycles. The molecule has 17 heteroatoms. The standard InChI is InChI=1S/C27H33F9O6S2/c1-21(28,29)8-18(37)40-11-23(12-41-19(38)9-25(32,33)27(34,35)36)13-43-26(44-14-23)16-3-15-4-17(26)7-24(5-15,6-16)20(39)42-10-22(2,30)31/h15-17H,3-14H2,1-2H3. The largest absolute Gasteiger partial charge is 0.465 e. The van der Waals surface area contributed by atoms with E-state index in [9.17, 15) is 53.9 Å². The second kappa shape index (κ2) is 11.9. The molecule has 1 saturated heterocycles. The minimum Gasteiger partial charge on any atom is -0.465 e. The molecule has 5 fully saturated rings. The second-order valence-corrected chi connectivity index (χ2v) is 15.8. The predicted octanol–water partition coefficient (Wildman–Crippen LogP) is 6.89. The van der Waals surface area contributed by atoms with Crippen LogP contribution in [-0.2, 0) is 28.6 Å². The number of ether oxygens (including phenoxy) is 3. The molecule has 1 spiro atoms. The van der Waals surface area contributed by atoms with Crippen LogP contribution in [0.4, 0.5) is 39.5 Å². The van der Waals surface area contributed by atoms with Crippen LogP contribution < -0.4 is 0 Å². The Labute approximate surface area is 256 Å². The van der Waals surface area contributed by atoms with Gasteiger partial charge < -0.3 is 14.2 Å². The van der Waals surface area contributed by atoms with Crippen molar-refractivity contribution >= 4 is 41.4 Å². The van der Waals surface area contributed by atoms with Crippen LogP contribution in [0.2, 0.25) is 0 Å². The average Bonchev–Trinajstić information content (AvgIpc) is 2.86. The highest BCUT2D eigenvalue weighted by Gasteiger charge is 2.67. The van der Waals surface area contributed by atoms with Crippen molar-refractivity contribution in [3.63, 3.8) is 0 Å². The highest BCUT2D eigenvalue weighted by molar-refractivity contribution is 8.18. The van der Waals surface area contributed by atoms with Crippen LogP contribution in [0.3, 0.4) is 0 Å². The first kappa shape index (κ1) is 35.3. The van der Waals surface area contributed by atoms with Crippen LogP contribution in [-0.4, -0.2) is 77.3 Å². The van der Waals surface area contributed by atoms with E-state index in [-0.39, 0.29) is 29.3 Å². The van der Waals surface area contributed by atoms with E-state index in [0.29, 0.717) is 33.1 Å². The molecule has 6 nitrogen and oxygen atoms in total. The summed E-state index contributed by atoms with van der Waals surface area (Å²) in [6.45, 7) is -1.13. The molecule has 5 aliphatic rings. The molecule has 5 rings (SSSR count). The van der Waals surface area contributed by atoms with E-state index in [0.717, 1.165) is 12.8 Å². The Balaban J connectivity index is 1.47. The van der Waals surface area contributed by atoms with Gasteiger partial charge in [0.1, 0.15) is 26.1 Å². The lowest BCUT2D eigenvalue weighted by Crippen LogP contribution is -2.62. The minimum atomic E-state index is -5.98. The van der Waals surface area contributed by atoms with Crippen LogP contribution in [0.25, 0.3) is 0 Å². The third-order valence-corrected chi connectivity index (χ3v) is 13.2. The van der Waals surface area contributed by atoms with Crippen molar-refractivity contribution in [3.8, 4) is 0 Å². The van der Waals surface area contributed by atoms with Gasteiger partial charge in [-0.1, -0.05) is 0 Å². The van der Waals surface area contributed by atoms with Crippen molar-refractivity contribution in [2.45, 2.75) is 86.8 Å². The van der Waals surface area contributed by atoms with Crippen molar-refractivity contribution in [1.29, 1.82) is 0 Å². The van der Waals surface area contributed by atoms with E-state index in [4.69, 9.17) is 14.2 Å². The monoisotopic (exact) mass is 688 g/mol. The van der Waals surface area contributed by atoms with Gasteiger partial charge in [-0.05, 0) is 56.8 Å².